The molecule has 0 aliphatic heterocycles. The number of benzene rings is 1. The maximum Gasteiger partial charge on any atom is 0.226 e. The molecule has 0 atom stereocenters. The highest BCUT2D eigenvalue weighted by Crippen LogP contribution is 2.16. The van der Waals surface area contributed by atoms with E-state index in [4.69, 9.17) is 10.5 Å². The monoisotopic (exact) mass is 301 g/mol. The van der Waals surface area contributed by atoms with Gasteiger partial charge in [-0.15, -0.1) is 0 Å². The van der Waals surface area contributed by atoms with Crippen LogP contribution in [0, 0.1) is 0 Å². The second-order valence-electron chi connectivity index (χ2n) is 5.55. The van der Waals surface area contributed by atoms with Crippen LogP contribution in [0.1, 0.15) is 26.0 Å². The normalized spacial score (nSPS) is 11.0. The van der Waals surface area contributed by atoms with Crippen molar-refractivity contribution in [2.24, 2.45) is 0 Å². The summed E-state index contributed by atoms with van der Waals surface area (Å²) in [5, 5.41) is 3.86. The van der Waals surface area contributed by atoms with E-state index in [0.29, 0.717) is 18.8 Å². The lowest BCUT2D eigenvalue weighted by molar-refractivity contribution is -0.120. The molecule has 0 bridgehead atoms. The smallest absolute Gasteiger partial charge is 0.226 e. The highest BCUT2D eigenvalue weighted by molar-refractivity contribution is 5.83. The Labute approximate surface area is 130 Å². The van der Waals surface area contributed by atoms with Crippen LogP contribution in [-0.2, 0) is 16.0 Å². The molecule has 22 heavy (non-hydrogen) atoms. The van der Waals surface area contributed by atoms with Crippen molar-refractivity contribution >= 4 is 22.5 Å². The molecule has 0 fully saturated rings. The van der Waals surface area contributed by atoms with E-state index in [1.165, 1.54) is 0 Å². The summed E-state index contributed by atoms with van der Waals surface area (Å²) in [5.74, 6) is -0.0214. The number of nitrogens with one attached hydrogen (secondary N) is 1. The molecule has 0 radical (unpaired) electrons. The third-order valence-corrected chi connectivity index (χ3v) is 3.21. The zero-order chi connectivity index (χ0) is 15.9. The molecule has 1 amide bonds. The zero-order valence-electron chi connectivity index (χ0n) is 13.1. The van der Waals surface area contributed by atoms with Crippen molar-refractivity contribution < 1.29 is 9.53 Å². The Balaban J connectivity index is 1.82. The summed E-state index contributed by atoms with van der Waals surface area (Å²) in [6.07, 6.45) is 1.33. The summed E-state index contributed by atoms with van der Waals surface area (Å²) in [6, 6.07) is 9.37. The van der Waals surface area contributed by atoms with E-state index >= 15 is 0 Å². The molecule has 2 aromatic rings. The van der Waals surface area contributed by atoms with E-state index in [-0.39, 0.29) is 18.4 Å². The number of nitrogens with zero attached hydrogens (tertiary/aromatic N) is 1. The van der Waals surface area contributed by atoms with Crippen molar-refractivity contribution in [2.75, 3.05) is 18.9 Å². The fourth-order valence-corrected chi connectivity index (χ4v) is 2.13. The van der Waals surface area contributed by atoms with E-state index in [2.05, 4.69) is 10.3 Å². The number of nitrogen functional groups attached to an aromatic ring is 1. The van der Waals surface area contributed by atoms with E-state index in [1.807, 2.05) is 44.2 Å². The van der Waals surface area contributed by atoms with Gasteiger partial charge < -0.3 is 15.8 Å². The van der Waals surface area contributed by atoms with Crippen LogP contribution in [0.5, 0.6) is 0 Å². The Morgan fingerprint density at radius 2 is 2.14 bits per heavy atom. The van der Waals surface area contributed by atoms with Gasteiger partial charge in [-0.25, -0.2) is 0 Å². The molecule has 1 heterocycles. The number of nitrogens with two attached hydrogens (primary N) is 1. The van der Waals surface area contributed by atoms with E-state index in [9.17, 15) is 4.79 Å². The molecule has 0 saturated carbocycles. The predicted molar refractivity (Wildman–Crippen MR) is 88.6 cm³/mol. The van der Waals surface area contributed by atoms with Gasteiger partial charge in [-0.1, -0.05) is 6.07 Å². The Morgan fingerprint density at radius 1 is 1.32 bits per heavy atom. The van der Waals surface area contributed by atoms with Gasteiger partial charge in [0.25, 0.3) is 0 Å². The number of anilines is 1. The number of aromatic nitrogens is 1. The first-order valence-electron chi connectivity index (χ1n) is 7.58. The lowest BCUT2D eigenvalue weighted by Crippen LogP contribution is -2.27. The Hall–Kier alpha value is -2.14. The lowest BCUT2D eigenvalue weighted by atomic mass is 10.1. The highest BCUT2D eigenvalue weighted by Gasteiger charge is 2.05. The van der Waals surface area contributed by atoms with Gasteiger partial charge >= 0.3 is 0 Å². The Morgan fingerprint density at radius 3 is 2.91 bits per heavy atom. The summed E-state index contributed by atoms with van der Waals surface area (Å²) in [4.78, 5) is 16.4. The lowest BCUT2D eigenvalue weighted by Gasteiger charge is -2.08. The van der Waals surface area contributed by atoms with Gasteiger partial charge in [-0.2, -0.15) is 0 Å². The quantitative estimate of drug-likeness (QED) is 0.607. The van der Waals surface area contributed by atoms with Crippen LogP contribution in [0.4, 0.5) is 5.69 Å². The van der Waals surface area contributed by atoms with Crippen LogP contribution in [0.3, 0.4) is 0 Å². The molecule has 0 aliphatic rings. The zero-order valence-corrected chi connectivity index (χ0v) is 13.1. The fraction of sp³-hybridized carbons (Fsp3) is 0.412. The number of carbonyl (C=O) groups excluding carboxylic acids is 1. The van der Waals surface area contributed by atoms with Crippen molar-refractivity contribution in [2.45, 2.75) is 32.8 Å². The SMILES string of the molecule is CC(C)OCCCNC(=O)Cc1ccc2cc(N)ccc2n1. The second kappa shape index (κ2) is 7.75. The number of amides is 1. The van der Waals surface area contributed by atoms with Crippen LogP contribution in [0.2, 0.25) is 0 Å². The maximum absolute atomic E-state index is 11.9. The summed E-state index contributed by atoms with van der Waals surface area (Å²) in [5.41, 5.74) is 8.06. The van der Waals surface area contributed by atoms with Gasteiger partial charge in [-0.3, -0.25) is 9.78 Å². The van der Waals surface area contributed by atoms with Crippen LogP contribution in [-0.4, -0.2) is 30.1 Å². The molecular weight excluding hydrogens is 278 g/mol. The first-order chi connectivity index (χ1) is 10.5. The summed E-state index contributed by atoms with van der Waals surface area (Å²) < 4.78 is 5.43. The van der Waals surface area contributed by atoms with Crippen LogP contribution in [0.25, 0.3) is 10.9 Å². The number of carbonyl (C=O) groups is 1. The largest absolute Gasteiger partial charge is 0.399 e. The molecule has 0 saturated heterocycles. The molecule has 5 nitrogen and oxygen atoms in total. The molecule has 2 rings (SSSR count). The molecular formula is C17H23N3O2. The number of rotatable bonds is 7. The standard InChI is InChI=1S/C17H23N3O2/c1-12(2)22-9-3-8-19-17(21)11-15-6-4-13-10-14(18)5-7-16(13)20-15/h4-7,10,12H,3,8-9,11,18H2,1-2H3,(H,19,21). The molecule has 3 N–H and O–H groups in total. The second-order valence-corrected chi connectivity index (χ2v) is 5.55. The van der Waals surface area contributed by atoms with Crippen molar-refractivity contribution in [1.29, 1.82) is 0 Å². The van der Waals surface area contributed by atoms with Crippen molar-refractivity contribution in [3.8, 4) is 0 Å². The average molecular weight is 301 g/mol. The fourth-order valence-electron chi connectivity index (χ4n) is 2.13. The molecule has 118 valence electrons. The van der Waals surface area contributed by atoms with Gasteiger partial charge in [0.15, 0.2) is 0 Å². The first kappa shape index (κ1) is 16.2. The molecule has 0 unspecified atom stereocenters. The molecule has 0 spiro atoms. The minimum Gasteiger partial charge on any atom is -0.399 e. The van der Waals surface area contributed by atoms with Crippen LogP contribution >= 0.6 is 0 Å². The average Bonchev–Trinajstić information content (AvgIpc) is 2.46. The topological polar surface area (TPSA) is 77.2 Å². The van der Waals surface area contributed by atoms with Crippen molar-refractivity contribution in [3.63, 3.8) is 0 Å². The first-order valence-corrected chi connectivity index (χ1v) is 7.58. The molecule has 1 aromatic heterocycles. The third kappa shape index (κ3) is 5.00. The predicted octanol–water partition coefficient (Wildman–Crippen LogP) is 2.29. The number of hydrogen-bond acceptors (Lipinski definition) is 4. The third-order valence-electron chi connectivity index (χ3n) is 3.21. The summed E-state index contributed by atoms with van der Waals surface area (Å²) in [6.45, 7) is 5.28. The van der Waals surface area contributed by atoms with Gasteiger partial charge in [0.1, 0.15) is 0 Å². The van der Waals surface area contributed by atoms with Gasteiger partial charge in [0.2, 0.25) is 5.91 Å². The number of ether oxygens (including phenoxy) is 1. The van der Waals surface area contributed by atoms with Crippen molar-refractivity contribution in [1.82, 2.24) is 10.3 Å². The Kier molecular flexibility index (Phi) is 5.72. The highest BCUT2D eigenvalue weighted by atomic mass is 16.5. The van der Waals surface area contributed by atoms with Gasteiger partial charge in [0.05, 0.1) is 23.7 Å². The number of pyridine rings is 1. The minimum atomic E-state index is -0.0214. The molecule has 5 heteroatoms. The molecule has 0 aliphatic carbocycles. The molecule has 1 aromatic carbocycles. The van der Waals surface area contributed by atoms with Crippen molar-refractivity contribution in [3.05, 3.63) is 36.0 Å². The van der Waals surface area contributed by atoms with E-state index < -0.39 is 0 Å². The van der Waals surface area contributed by atoms with E-state index in [1.54, 1.807) is 0 Å². The van der Waals surface area contributed by atoms with E-state index in [0.717, 1.165) is 23.0 Å². The number of fused-ring (bicyclic) bond motifs is 1. The Bertz CT molecular complexity index is 641. The maximum atomic E-state index is 11.9. The summed E-state index contributed by atoms with van der Waals surface area (Å²) in [7, 11) is 0. The van der Waals surface area contributed by atoms with Crippen LogP contribution < -0.4 is 11.1 Å². The number of hydrogen-bond donors (Lipinski definition) is 2. The minimum absolute atomic E-state index is 0.0214. The van der Waals surface area contributed by atoms with Gasteiger partial charge in [-0.05, 0) is 44.5 Å². The summed E-state index contributed by atoms with van der Waals surface area (Å²) >= 11 is 0. The van der Waals surface area contributed by atoms with Gasteiger partial charge in [0, 0.05) is 24.2 Å². The van der Waals surface area contributed by atoms with Crippen LogP contribution in [0.15, 0.2) is 30.3 Å².